The van der Waals surface area contributed by atoms with Gasteiger partial charge in [-0.3, -0.25) is 10.1 Å². The second kappa shape index (κ2) is 6.11. The van der Waals surface area contributed by atoms with E-state index in [2.05, 4.69) is 0 Å². The lowest BCUT2D eigenvalue weighted by molar-refractivity contribution is -0.385. The summed E-state index contributed by atoms with van der Waals surface area (Å²) >= 11 is 11.6. The van der Waals surface area contributed by atoms with Crippen molar-refractivity contribution in [2.75, 3.05) is 0 Å². The van der Waals surface area contributed by atoms with Crippen molar-refractivity contribution >= 4 is 28.9 Å². The summed E-state index contributed by atoms with van der Waals surface area (Å²) in [5.41, 5.74) is 1.38. The normalized spacial score (nSPS) is 10.3. The number of rotatable bonds is 4. The largest absolute Gasteiger partial charge is 0.450 e. The van der Waals surface area contributed by atoms with Crippen LogP contribution < -0.4 is 4.74 Å². The van der Waals surface area contributed by atoms with E-state index in [1.807, 2.05) is 6.92 Å². The number of nitro benzene ring substituents is 1. The molecule has 0 N–H and O–H groups in total. The van der Waals surface area contributed by atoms with Gasteiger partial charge in [-0.25, -0.2) is 0 Å². The first-order chi connectivity index (χ1) is 9.51. The van der Waals surface area contributed by atoms with Crippen molar-refractivity contribution in [1.29, 1.82) is 0 Å². The van der Waals surface area contributed by atoms with Gasteiger partial charge in [0.05, 0.1) is 4.92 Å². The van der Waals surface area contributed by atoms with Crippen molar-refractivity contribution in [2.45, 2.75) is 12.8 Å². The highest BCUT2D eigenvalue weighted by atomic mass is 35.5. The number of halogens is 2. The molecule has 2 rings (SSSR count). The van der Waals surface area contributed by atoms with E-state index in [1.54, 1.807) is 24.3 Å². The molecule has 0 unspecified atom stereocenters. The average molecular weight is 312 g/mol. The van der Waals surface area contributed by atoms with E-state index in [9.17, 15) is 10.1 Å². The third kappa shape index (κ3) is 3.21. The van der Waals surface area contributed by atoms with Crippen molar-refractivity contribution in [1.82, 2.24) is 0 Å². The molecule has 0 heterocycles. The smallest absolute Gasteiger partial charge is 0.311 e. The molecule has 0 radical (unpaired) electrons. The van der Waals surface area contributed by atoms with E-state index in [0.29, 0.717) is 16.3 Å². The molecule has 0 amide bonds. The Labute approximate surface area is 126 Å². The molecule has 0 aromatic heterocycles. The van der Waals surface area contributed by atoms with Crippen molar-refractivity contribution in [3.05, 3.63) is 62.7 Å². The zero-order valence-electron chi connectivity index (χ0n) is 10.6. The lowest BCUT2D eigenvalue weighted by atomic mass is 10.2. The number of ether oxygens (including phenoxy) is 1. The zero-order chi connectivity index (χ0) is 14.7. The van der Waals surface area contributed by atoms with Crippen molar-refractivity contribution < 1.29 is 9.66 Å². The molecule has 2 aromatic rings. The quantitative estimate of drug-likeness (QED) is 0.449. The lowest BCUT2D eigenvalue weighted by Crippen LogP contribution is -1.95. The molecule has 104 valence electrons. The predicted molar refractivity (Wildman–Crippen MR) is 78.9 cm³/mol. The summed E-state index contributed by atoms with van der Waals surface area (Å²) in [4.78, 5) is 10.6. The fourth-order valence-corrected chi connectivity index (χ4v) is 2.01. The molecule has 0 saturated heterocycles. The summed E-state index contributed by atoms with van der Waals surface area (Å²) in [5.74, 6) is 0.852. The van der Waals surface area contributed by atoms with Crippen LogP contribution in [0.3, 0.4) is 0 Å². The van der Waals surface area contributed by atoms with E-state index in [-0.39, 0.29) is 17.3 Å². The van der Waals surface area contributed by atoms with Crippen LogP contribution in [0.5, 0.6) is 11.5 Å². The van der Waals surface area contributed by atoms with Crippen molar-refractivity contribution in [3.8, 4) is 11.5 Å². The first-order valence-corrected chi connectivity index (χ1v) is 6.70. The fourth-order valence-electron chi connectivity index (χ4n) is 1.68. The second-order valence-corrected chi connectivity index (χ2v) is 4.91. The zero-order valence-corrected chi connectivity index (χ0v) is 12.1. The highest BCUT2D eigenvalue weighted by molar-refractivity contribution is 6.30. The Bertz CT molecular complexity index is 659. The van der Waals surface area contributed by atoms with Gasteiger partial charge in [0.1, 0.15) is 5.75 Å². The summed E-state index contributed by atoms with van der Waals surface area (Å²) in [6.07, 6.45) is 0. The van der Waals surface area contributed by atoms with Gasteiger partial charge < -0.3 is 4.74 Å². The Kier molecular flexibility index (Phi) is 4.47. The maximum Gasteiger partial charge on any atom is 0.311 e. The van der Waals surface area contributed by atoms with Gasteiger partial charge in [-0.15, -0.1) is 11.6 Å². The minimum absolute atomic E-state index is 0.123. The number of nitro groups is 1. The van der Waals surface area contributed by atoms with Gasteiger partial charge in [0, 0.05) is 17.0 Å². The molecule has 0 aliphatic carbocycles. The van der Waals surface area contributed by atoms with Gasteiger partial charge in [0.25, 0.3) is 0 Å². The number of alkyl halides is 1. The third-order valence-electron chi connectivity index (χ3n) is 2.74. The molecule has 0 atom stereocenters. The summed E-state index contributed by atoms with van der Waals surface area (Å²) in [6.45, 7) is 1.84. The van der Waals surface area contributed by atoms with Crippen LogP contribution in [0, 0.1) is 17.0 Å². The standard InChI is InChI=1S/C14H11Cl2NO3/c1-9-2-4-11(16)7-14(9)20-13-5-3-10(8-15)6-12(13)17(18)19/h2-7H,8H2,1H3. The molecule has 0 bridgehead atoms. The fraction of sp³-hybridized carbons (Fsp3) is 0.143. The van der Waals surface area contributed by atoms with Crippen LogP contribution in [-0.4, -0.2) is 4.92 Å². The molecule has 20 heavy (non-hydrogen) atoms. The van der Waals surface area contributed by atoms with Crippen LogP contribution in [0.4, 0.5) is 5.69 Å². The second-order valence-electron chi connectivity index (χ2n) is 4.20. The van der Waals surface area contributed by atoms with Crippen LogP contribution in [-0.2, 0) is 5.88 Å². The Morgan fingerprint density at radius 3 is 2.60 bits per heavy atom. The molecular weight excluding hydrogens is 301 g/mol. The number of aryl methyl sites for hydroxylation is 1. The lowest BCUT2D eigenvalue weighted by Gasteiger charge is -2.10. The minimum Gasteiger partial charge on any atom is -0.450 e. The van der Waals surface area contributed by atoms with Gasteiger partial charge >= 0.3 is 5.69 Å². The summed E-state index contributed by atoms with van der Waals surface area (Å²) < 4.78 is 5.61. The van der Waals surface area contributed by atoms with Gasteiger partial charge in [0.2, 0.25) is 5.75 Å². The van der Waals surface area contributed by atoms with Crippen LogP contribution in [0.15, 0.2) is 36.4 Å². The number of nitrogens with zero attached hydrogens (tertiary/aromatic N) is 1. The van der Waals surface area contributed by atoms with Gasteiger partial charge in [-0.2, -0.15) is 0 Å². The molecule has 0 aliphatic heterocycles. The van der Waals surface area contributed by atoms with Crippen LogP contribution >= 0.6 is 23.2 Å². The monoisotopic (exact) mass is 311 g/mol. The maximum absolute atomic E-state index is 11.1. The topological polar surface area (TPSA) is 52.4 Å². The van der Waals surface area contributed by atoms with Gasteiger partial charge in [-0.05, 0) is 36.2 Å². The Morgan fingerprint density at radius 1 is 1.20 bits per heavy atom. The van der Waals surface area contributed by atoms with Crippen LogP contribution in [0.1, 0.15) is 11.1 Å². The van der Waals surface area contributed by atoms with Crippen molar-refractivity contribution in [2.24, 2.45) is 0 Å². The summed E-state index contributed by atoms with van der Waals surface area (Å²) in [7, 11) is 0. The van der Waals surface area contributed by atoms with Crippen LogP contribution in [0.2, 0.25) is 5.02 Å². The number of benzene rings is 2. The Hall–Kier alpha value is -1.78. The molecule has 2 aromatic carbocycles. The average Bonchev–Trinajstić information content (AvgIpc) is 2.43. The highest BCUT2D eigenvalue weighted by Crippen LogP contribution is 2.34. The van der Waals surface area contributed by atoms with E-state index in [1.165, 1.54) is 12.1 Å². The minimum atomic E-state index is -0.495. The predicted octanol–water partition coefficient (Wildman–Crippen LogP) is 5.09. The first kappa shape index (κ1) is 14.6. The molecule has 0 saturated carbocycles. The molecule has 0 fully saturated rings. The first-order valence-electron chi connectivity index (χ1n) is 5.78. The van der Waals surface area contributed by atoms with Gasteiger partial charge in [0.15, 0.2) is 0 Å². The van der Waals surface area contributed by atoms with Crippen LogP contribution in [0.25, 0.3) is 0 Å². The van der Waals surface area contributed by atoms with E-state index in [0.717, 1.165) is 5.56 Å². The SMILES string of the molecule is Cc1ccc(Cl)cc1Oc1ccc(CCl)cc1[N+](=O)[O-]. The van der Waals surface area contributed by atoms with E-state index < -0.39 is 4.92 Å². The Balaban J connectivity index is 2.42. The maximum atomic E-state index is 11.1. The summed E-state index contributed by atoms with van der Waals surface area (Å²) in [5, 5.41) is 11.6. The molecule has 0 aliphatic rings. The van der Waals surface area contributed by atoms with E-state index >= 15 is 0 Å². The third-order valence-corrected chi connectivity index (χ3v) is 3.29. The van der Waals surface area contributed by atoms with Crippen molar-refractivity contribution in [3.63, 3.8) is 0 Å². The molecule has 4 nitrogen and oxygen atoms in total. The molecule has 0 spiro atoms. The highest BCUT2D eigenvalue weighted by Gasteiger charge is 2.17. The Morgan fingerprint density at radius 2 is 1.95 bits per heavy atom. The summed E-state index contributed by atoms with van der Waals surface area (Å²) in [6, 6.07) is 9.77. The number of hydrogen-bond acceptors (Lipinski definition) is 3. The molecule has 6 heteroatoms. The van der Waals surface area contributed by atoms with E-state index in [4.69, 9.17) is 27.9 Å². The molecular formula is C14H11Cl2NO3. The number of hydrogen-bond donors (Lipinski definition) is 0. The van der Waals surface area contributed by atoms with Gasteiger partial charge in [-0.1, -0.05) is 23.7 Å².